The predicted octanol–water partition coefficient (Wildman–Crippen LogP) is 2.19. The van der Waals surface area contributed by atoms with Crippen molar-refractivity contribution in [1.29, 1.82) is 5.26 Å². The zero-order valence-corrected chi connectivity index (χ0v) is 15.3. The molecular formula is C20H26N4O2. The molecule has 1 atom stereocenters. The molecule has 0 aromatic heterocycles. The number of piperidine rings is 1. The van der Waals surface area contributed by atoms with Crippen LogP contribution in [0.3, 0.4) is 0 Å². The van der Waals surface area contributed by atoms with E-state index in [1.54, 1.807) is 12.1 Å². The van der Waals surface area contributed by atoms with Crippen molar-refractivity contribution in [1.82, 2.24) is 15.5 Å². The summed E-state index contributed by atoms with van der Waals surface area (Å²) in [4.78, 5) is 27.2. The highest BCUT2D eigenvalue weighted by Crippen LogP contribution is 2.35. The first-order chi connectivity index (χ1) is 12.6. The van der Waals surface area contributed by atoms with Crippen LogP contribution in [0.1, 0.15) is 43.7 Å². The molecule has 2 saturated heterocycles. The Morgan fingerprint density at radius 2 is 1.92 bits per heavy atom. The average Bonchev–Trinajstić information content (AvgIpc) is 2.92. The second-order valence-electron chi connectivity index (χ2n) is 7.19. The van der Waals surface area contributed by atoms with E-state index in [-0.39, 0.29) is 17.9 Å². The third-order valence-electron chi connectivity index (χ3n) is 5.59. The van der Waals surface area contributed by atoms with Crippen molar-refractivity contribution >= 4 is 11.9 Å². The molecule has 0 unspecified atom stereocenters. The van der Waals surface area contributed by atoms with Gasteiger partial charge in [-0.05, 0) is 62.4 Å². The van der Waals surface area contributed by atoms with Crippen molar-refractivity contribution in [3.63, 3.8) is 0 Å². The summed E-state index contributed by atoms with van der Waals surface area (Å²) < 4.78 is 0. The van der Waals surface area contributed by atoms with Crippen molar-refractivity contribution in [2.24, 2.45) is 5.92 Å². The Bertz CT molecular complexity index is 704. The van der Waals surface area contributed by atoms with Gasteiger partial charge in [-0.3, -0.25) is 9.69 Å². The number of rotatable bonds is 6. The van der Waals surface area contributed by atoms with Crippen molar-refractivity contribution < 1.29 is 9.59 Å². The lowest BCUT2D eigenvalue weighted by molar-refractivity contribution is -0.134. The van der Waals surface area contributed by atoms with Gasteiger partial charge >= 0.3 is 6.03 Å². The molecule has 0 radical (unpaired) electrons. The number of benzene rings is 1. The van der Waals surface area contributed by atoms with E-state index in [1.165, 1.54) is 4.90 Å². The molecule has 3 amide bonds. The first kappa shape index (κ1) is 18.4. The van der Waals surface area contributed by atoms with Crippen LogP contribution in [-0.2, 0) is 11.2 Å². The SMILES string of the molecule is CCC[C@@]1(C2CCNCC2)NC(=O)N(CCc2ccc(C#N)cc2)C1=O. The van der Waals surface area contributed by atoms with Gasteiger partial charge in [0, 0.05) is 6.54 Å². The molecule has 0 saturated carbocycles. The minimum atomic E-state index is -0.738. The summed E-state index contributed by atoms with van der Waals surface area (Å²) in [7, 11) is 0. The van der Waals surface area contributed by atoms with E-state index < -0.39 is 5.54 Å². The van der Waals surface area contributed by atoms with E-state index in [2.05, 4.69) is 23.6 Å². The predicted molar refractivity (Wildman–Crippen MR) is 98.3 cm³/mol. The van der Waals surface area contributed by atoms with Crippen molar-refractivity contribution in [3.8, 4) is 6.07 Å². The first-order valence-electron chi connectivity index (χ1n) is 9.44. The van der Waals surface area contributed by atoms with Crippen LogP contribution in [-0.4, -0.2) is 42.0 Å². The number of nitrogens with zero attached hydrogens (tertiary/aromatic N) is 2. The molecule has 1 aromatic rings. The van der Waals surface area contributed by atoms with Crippen molar-refractivity contribution in [2.45, 2.75) is 44.6 Å². The lowest BCUT2D eigenvalue weighted by Crippen LogP contribution is -2.55. The Labute approximate surface area is 154 Å². The summed E-state index contributed by atoms with van der Waals surface area (Å²) in [6, 6.07) is 9.10. The Kier molecular flexibility index (Phi) is 5.58. The summed E-state index contributed by atoms with van der Waals surface area (Å²) in [5, 5.41) is 15.3. The number of nitriles is 1. The Balaban J connectivity index is 1.72. The maximum absolute atomic E-state index is 13.2. The van der Waals surface area contributed by atoms with Crippen molar-refractivity contribution in [3.05, 3.63) is 35.4 Å². The third-order valence-corrected chi connectivity index (χ3v) is 5.59. The molecule has 2 aliphatic rings. The molecular weight excluding hydrogens is 328 g/mol. The number of nitrogens with one attached hydrogen (secondary N) is 2. The summed E-state index contributed by atoms with van der Waals surface area (Å²) in [5.74, 6) is 0.130. The van der Waals surface area contributed by atoms with E-state index in [0.717, 1.165) is 37.9 Å². The van der Waals surface area contributed by atoms with Crippen LogP contribution >= 0.6 is 0 Å². The standard InChI is InChI=1S/C20H26N4O2/c1-2-10-20(17-7-11-22-12-8-17)18(25)24(19(26)23-20)13-9-15-3-5-16(14-21)6-4-15/h3-6,17,22H,2,7-13H2,1H3,(H,23,26)/t20-/m0/s1. The van der Waals surface area contributed by atoms with Crippen LogP contribution in [0.15, 0.2) is 24.3 Å². The molecule has 0 spiro atoms. The molecule has 0 aliphatic carbocycles. The summed E-state index contributed by atoms with van der Waals surface area (Å²) in [6.45, 7) is 4.21. The molecule has 2 N–H and O–H groups in total. The fraction of sp³-hybridized carbons (Fsp3) is 0.550. The second-order valence-corrected chi connectivity index (χ2v) is 7.19. The number of hydrogen-bond donors (Lipinski definition) is 2. The topological polar surface area (TPSA) is 85.2 Å². The van der Waals surface area contributed by atoms with E-state index in [4.69, 9.17) is 5.26 Å². The van der Waals surface area contributed by atoms with E-state index in [9.17, 15) is 9.59 Å². The molecule has 6 heteroatoms. The van der Waals surface area contributed by atoms with Crippen LogP contribution in [0.25, 0.3) is 0 Å². The highest BCUT2D eigenvalue weighted by molar-refractivity contribution is 6.07. The van der Waals surface area contributed by atoms with Gasteiger partial charge in [-0.2, -0.15) is 5.26 Å². The largest absolute Gasteiger partial charge is 0.325 e. The molecule has 1 aromatic carbocycles. The van der Waals surface area contributed by atoms with Crippen LogP contribution in [0.4, 0.5) is 4.79 Å². The maximum Gasteiger partial charge on any atom is 0.325 e. The van der Waals surface area contributed by atoms with Gasteiger partial charge in [-0.25, -0.2) is 4.79 Å². The fourth-order valence-electron chi connectivity index (χ4n) is 4.19. The smallest absolute Gasteiger partial charge is 0.323 e. The zero-order chi connectivity index (χ0) is 18.6. The second kappa shape index (κ2) is 7.88. The minimum Gasteiger partial charge on any atom is -0.323 e. The van der Waals surface area contributed by atoms with Gasteiger partial charge < -0.3 is 10.6 Å². The molecule has 3 rings (SSSR count). The van der Waals surface area contributed by atoms with Crippen LogP contribution in [0, 0.1) is 17.2 Å². The number of imide groups is 1. The lowest BCUT2D eigenvalue weighted by Gasteiger charge is -2.37. The number of amides is 3. The van der Waals surface area contributed by atoms with Gasteiger partial charge in [0.25, 0.3) is 5.91 Å². The van der Waals surface area contributed by atoms with E-state index in [1.807, 2.05) is 12.1 Å². The van der Waals surface area contributed by atoms with E-state index >= 15 is 0 Å². The maximum atomic E-state index is 13.2. The van der Waals surface area contributed by atoms with Crippen LogP contribution in [0.2, 0.25) is 0 Å². The third kappa shape index (κ3) is 3.45. The van der Waals surface area contributed by atoms with Gasteiger partial charge in [-0.1, -0.05) is 25.5 Å². The molecule has 2 heterocycles. The molecule has 2 aliphatic heterocycles. The van der Waals surface area contributed by atoms with Gasteiger partial charge in [-0.15, -0.1) is 0 Å². The fourth-order valence-corrected chi connectivity index (χ4v) is 4.19. The molecule has 26 heavy (non-hydrogen) atoms. The Hall–Kier alpha value is -2.39. The van der Waals surface area contributed by atoms with Gasteiger partial charge in [0.2, 0.25) is 0 Å². The average molecular weight is 354 g/mol. The molecule has 0 bridgehead atoms. The van der Waals surface area contributed by atoms with Gasteiger partial charge in [0.15, 0.2) is 0 Å². The van der Waals surface area contributed by atoms with Crippen LogP contribution in [0.5, 0.6) is 0 Å². The Morgan fingerprint density at radius 1 is 1.23 bits per heavy atom. The highest BCUT2D eigenvalue weighted by atomic mass is 16.2. The summed E-state index contributed by atoms with van der Waals surface area (Å²) in [5.41, 5.74) is 0.884. The molecule has 138 valence electrons. The number of hydrogen-bond acceptors (Lipinski definition) is 4. The molecule has 2 fully saturated rings. The highest BCUT2D eigenvalue weighted by Gasteiger charge is 2.54. The monoisotopic (exact) mass is 354 g/mol. The van der Waals surface area contributed by atoms with Crippen LogP contribution < -0.4 is 10.6 Å². The number of carbonyl (C=O) groups is 2. The van der Waals surface area contributed by atoms with E-state index in [0.29, 0.717) is 24.9 Å². The normalized spacial score (nSPS) is 23.8. The summed E-state index contributed by atoms with van der Waals surface area (Å²) in [6.07, 6.45) is 3.97. The first-order valence-corrected chi connectivity index (χ1v) is 9.44. The zero-order valence-electron chi connectivity index (χ0n) is 15.3. The van der Waals surface area contributed by atoms with Gasteiger partial charge in [0.05, 0.1) is 11.6 Å². The lowest BCUT2D eigenvalue weighted by atomic mass is 9.75. The molecule has 6 nitrogen and oxygen atoms in total. The summed E-state index contributed by atoms with van der Waals surface area (Å²) >= 11 is 0. The number of carbonyl (C=O) groups excluding carboxylic acids is 2. The quantitative estimate of drug-likeness (QED) is 0.767. The van der Waals surface area contributed by atoms with Gasteiger partial charge in [0.1, 0.15) is 5.54 Å². The number of urea groups is 1. The van der Waals surface area contributed by atoms with Crippen molar-refractivity contribution in [2.75, 3.05) is 19.6 Å². The minimum absolute atomic E-state index is 0.0649. The Morgan fingerprint density at radius 3 is 2.54 bits per heavy atom.